The topological polar surface area (TPSA) is 71.8 Å². The summed E-state index contributed by atoms with van der Waals surface area (Å²) >= 11 is 0. The summed E-state index contributed by atoms with van der Waals surface area (Å²) in [6, 6.07) is 9.70. The summed E-state index contributed by atoms with van der Waals surface area (Å²) in [7, 11) is 5.62. The fraction of sp³-hybridized carbons (Fsp3) is 0.316. The Morgan fingerprint density at radius 3 is 2.69 bits per heavy atom. The van der Waals surface area contributed by atoms with E-state index < -0.39 is 0 Å². The number of hydrogen-bond donors (Lipinski definition) is 1. The van der Waals surface area contributed by atoms with Crippen LogP contribution in [0.1, 0.15) is 27.7 Å². The summed E-state index contributed by atoms with van der Waals surface area (Å²) in [5.74, 6) is 0.639. The Bertz CT molecular complexity index is 902. The molecule has 136 valence electrons. The van der Waals surface area contributed by atoms with E-state index in [2.05, 4.69) is 20.3 Å². The first-order valence-corrected chi connectivity index (χ1v) is 8.39. The third-order valence-corrected chi connectivity index (χ3v) is 4.38. The zero-order valence-corrected chi connectivity index (χ0v) is 15.4. The van der Waals surface area contributed by atoms with Crippen LogP contribution in [0, 0.1) is 6.92 Å². The molecule has 0 fully saturated rings. The molecule has 0 radical (unpaired) electrons. The molecule has 26 heavy (non-hydrogen) atoms. The summed E-state index contributed by atoms with van der Waals surface area (Å²) in [4.78, 5) is 19.1. The largest absolute Gasteiger partial charge is 0.497 e. The molecule has 2 heterocycles. The smallest absolute Gasteiger partial charge is 0.257 e. The number of benzene rings is 1. The van der Waals surface area contributed by atoms with Crippen LogP contribution in [0.2, 0.25) is 0 Å². The molecule has 3 rings (SSSR count). The molecule has 1 aromatic carbocycles. The SMILES string of the molecule is COc1ccc(C(CNC(=O)c2c(C)nn3cccnc23)N(C)C)cc1. The molecule has 0 aliphatic rings. The van der Waals surface area contributed by atoms with E-state index in [9.17, 15) is 4.79 Å². The monoisotopic (exact) mass is 353 g/mol. The summed E-state index contributed by atoms with van der Waals surface area (Å²) in [5.41, 5.74) is 2.84. The van der Waals surface area contributed by atoms with Crippen molar-refractivity contribution in [3.8, 4) is 5.75 Å². The van der Waals surface area contributed by atoms with Gasteiger partial charge in [0.25, 0.3) is 5.91 Å². The van der Waals surface area contributed by atoms with Gasteiger partial charge in [0.2, 0.25) is 0 Å². The van der Waals surface area contributed by atoms with Crippen molar-refractivity contribution in [3.63, 3.8) is 0 Å². The van der Waals surface area contributed by atoms with Gasteiger partial charge in [-0.3, -0.25) is 4.79 Å². The van der Waals surface area contributed by atoms with Gasteiger partial charge < -0.3 is 15.0 Å². The van der Waals surface area contributed by atoms with Crippen LogP contribution in [0.3, 0.4) is 0 Å². The van der Waals surface area contributed by atoms with Gasteiger partial charge in [-0.2, -0.15) is 5.10 Å². The van der Waals surface area contributed by atoms with Gasteiger partial charge in [0, 0.05) is 18.9 Å². The number of aromatic nitrogens is 3. The number of amides is 1. The van der Waals surface area contributed by atoms with Gasteiger partial charge >= 0.3 is 0 Å². The fourth-order valence-corrected chi connectivity index (χ4v) is 2.96. The number of carbonyl (C=O) groups excluding carboxylic acids is 1. The lowest BCUT2D eigenvalue weighted by atomic mass is 10.1. The number of nitrogens with one attached hydrogen (secondary N) is 1. The highest BCUT2D eigenvalue weighted by atomic mass is 16.5. The first-order chi connectivity index (χ1) is 12.5. The number of ether oxygens (including phenoxy) is 1. The highest BCUT2D eigenvalue weighted by Crippen LogP contribution is 2.21. The Labute approximate surface area is 152 Å². The Balaban J connectivity index is 1.78. The molecule has 1 atom stereocenters. The average molecular weight is 353 g/mol. The first kappa shape index (κ1) is 17.9. The van der Waals surface area contributed by atoms with Crippen LogP contribution < -0.4 is 10.1 Å². The average Bonchev–Trinajstić information content (AvgIpc) is 2.97. The van der Waals surface area contributed by atoms with E-state index in [1.165, 1.54) is 0 Å². The molecular weight excluding hydrogens is 330 g/mol. The maximum atomic E-state index is 12.8. The van der Waals surface area contributed by atoms with E-state index in [1.54, 1.807) is 30.1 Å². The molecule has 0 saturated heterocycles. The molecule has 2 aromatic heterocycles. The Morgan fingerprint density at radius 1 is 1.31 bits per heavy atom. The van der Waals surface area contributed by atoms with Gasteiger partial charge in [-0.1, -0.05) is 12.1 Å². The summed E-state index contributed by atoms with van der Waals surface area (Å²) in [5, 5.41) is 7.36. The molecule has 1 N–H and O–H groups in total. The van der Waals surface area contributed by atoms with Crippen molar-refractivity contribution in [2.24, 2.45) is 0 Å². The van der Waals surface area contributed by atoms with Crippen LogP contribution in [-0.2, 0) is 0 Å². The van der Waals surface area contributed by atoms with Crippen molar-refractivity contribution in [2.45, 2.75) is 13.0 Å². The number of aryl methyl sites for hydroxylation is 1. The fourth-order valence-electron chi connectivity index (χ4n) is 2.96. The molecule has 0 spiro atoms. The van der Waals surface area contributed by atoms with E-state index in [0.29, 0.717) is 23.4 Å². The van der Waals surface area contributed by atoms with Crippen molar-refractivity contribution in [1.29, 1.82) is 0 Å². The van der Waals surface area contributed by atoms with Crippen LogP contribution in [0.25, 0.3) is 5.65 Å². The highest BCUT2D eigenvalue weighted by molar-refractivity contribution is 6.00. The Kier molecular flexibility index (Phi) is 5.18. The third-order valence-electron chi connectivity index (χ3n) is 4.38. The second-order valence-electron chi connectivity index (χ2n) is 6.31. The second kappa shape index (κ2) is 7.53. The molecule has 7 nitrogen and oxygen atoms in total. The van der Waals surface area contributed by atoms with E-state index >= 15 is 0 Å². The lowest BCUT2D eigenvalue weighted by Crippen LogP contribution is -2.34. The van der Waals surface area contributed by atoms with Gasteiger partial charge in [-0.25, -0.2) is 9.50 Å². The predicted molar refractivity (Wildman–Crippen MR) is 99.5 cm³/mol. The lowest BCUT2D eigenvalue weighted by molar-refractivity contribution is 0.0942. The van der Waals surface area contributed by atoms with E-state index in [-0.39, 0.29) is 11.9 Å². The van der Waals surface area contributed by atoms with Crippen molar-refractivity contribution in [2.75, 3.05) is 27.7 Å². The summed E-state index contributed by atoms with van der Waals surface area (Å²) in [6.45, 7) is 2.29. The maximum absolute atomic E-state index is 12.8. The quantitative estimate of drug-likeness (QED) is 0.735. The Morgan fingerprint density at radius 2 is 2.04 bits per heavy atom. The number of hydrogen-bond acceptors (Lipinski definition) is 5. The maximum Gasteiger partial charge on any atom is 0.257 e. The molecule has 1 unspecified atom stereocenters. The van der Waals surface area contributed by atoms with Crippen molar-refractivity contribution in [1.82, 2.24) is 24.8 Å². The molecule has 1 amide bonds. The molecule has 0 bridgehead atoms. The number of nitrogens with zero attached hydrogens (tertiary/aromatic N) is 4. The van der Waals surface area contributed by atoms with Crippen LogP contribution in [0.15, 0.2) is 42.7 Å². The standard InChI is InChI=1S/C19H23N5O2/c1-13-17(18-20-10-5-11-24(18)22-13)19(25)21-12-16(23(2)3)14-6-8-15(26-4)9-7-14/h5-11,16H,12H2,1-4H3,(H,21,25). The second-order valence-corrected chi connectivity index (χ2v) is 6.31. The van der Waals surface area contributed by atoms with Gasteiger partial charge in [0.05, 0.1) is 18.8 Å². The summed E-state index contributed by atoms with van der Waals surface area (Å²) in [6.07, 6.45) is 3.44. The number of carbonyl (C=O) groups is 1. The van der Waals surface area contributed by atoms with E-state index in [0.717, 1.165) is 11.3 Å². The molecular formula is C19H23N5O2. The minimum atomic E-state index is -0.170. The van der Waals surface area contributed by atoms with Gasteiger partial charge in [0.15, 0.2) is 5.65 Å². The number of likely N-dealkylation sites (N-methyl/N-ethyl adjacent to an activating group) is 1. The zero-order valence-electron chi connectivity index (χ0n) is 15.4. The Hall–Kier alpha value is -2.93. The van der Waals surface area contributed by atoms with Crippen LogP contribution in [0.5, 0.6) is 5.75 Å². The van der Waals surface area contributed by atoms with E-state index in [4.69, 9.17) is 4.74 Å². The summed E-state index contributed by atoms with van der Waals surface area (Å²) < 4.78 is 6.83. The van der Waals surface area contributed by atoms with Gasteiger partial charge in [-0.15, -0.1) is 0 Å². The van der Waals surface area contributed by atoms with Crippen LogP contribution in [0.4, 0.5) is 0 Å². The molecule has 0 saturated carbocycles. The lowest BCUT2D eigenvalue weighted by Gasteiger charge is -2.25. The minimum Gasteiger partial charge on any atom is -0.497 e. The molecule has 0 aliphatic heterocycles. The van der Waals surface area contributed by atoms with E-state index in [1.807, 2.05) is 45.3 Å². The van der Waals surface area contributed by atoms with Crippen LogP contribution >= 0.6 is 0 Å². The van der Waals surface area contributed by atoms with Gasteiger partial charge in [-0.05, 0) is 44.8 Å². The number of fused-ring (bicyclic) bond motifs is 1. The minimum absolute atomic E-state index is 0.0416. The number of methoxy groups -OCH3 is 1. The molecule has 0 aliphatic carbocycles. The third kappa shape index (κ3) is 3.52. The first-order valence-electron chi connectivity index (χ1n) is 8.39. The zero-order chi connectivity index (χ0) is 18.7. The number of rotatable bonds is 6. The van der Waals surface area contributed by atoms with Crippen molar-refractivity contribution in [3.05, 3.63) is 59.5 Å². The van der Waals surface area contributed by atoms with Crippen LogP contribution in [-0.4, -0.2) is 53.2 Å². The molecule has 7 heteroatoms. The predicted octanol–water partition coefficient (Wildman–Crippen LogP) is 2.08. The van der Waals surface area contributed by atoms with Gasteiger partial charge in [0.1, 0.15) is 11.3 Å². The van der Waals surface area contributed by atoms with Crippen molar-refractivity contribution >= 4 is 11.6 Å². The molecule has 3 aromatic rings. The normalized spacial score (nSPS) is 12.3. The highest BCUT2D eigenvalue weighted by Gasteiger charge is 2.20. The van der Waals surface area contributed by atoms with Crippen molar-refractivity contribution < 1.29 is 9.53 Å².